The summed E-state index contributed by atoms with van der Waals surface area (Å²) < 4.78 is 0. The summed E-state index contributed by atoms with van der Waals surface area (Å²) in [5.41, 5.74) is 2.71. The Labute approximate surface area is 122 Å². The Balaban J connectivity index is 2.11. The van der Waals surface area contributed by atoms with Gasteiger partial charge in [-0.2, -0.15) is 0 Å². The van der Waals surface area contributed by atoms with Gasteiger partial charge in [-0.3, -0.25) is 0 Å². The SMILES string of the molecule is Cc1ccccc1Nc1cc(C(=O)[O-])c2ccccc2n1. The van der Waals surface area contributed by atoms with Crippen molar-refractivity contribution in [2.75, 3.05) is 5.32 Å². The molecule has 21 heavy (non-hydrogen) atoms. The van der Waals surface area contributed by atoms with E-state index in [-0.39, 0.29) is 5.56 Å². The zero-order valence-corrected chi connectivity index (χ0v) is 11.5. The van der Waals surface area contributed by atoms with Crippen LogP contribution >= 0.6 is 0 Å². The van der Waals surface area contributed by atoms with Crippen LogP contribution in [0.2, 0.25) is 0 Å². The summed E-state index contributed by atoms with van der Waals surface area (Å²) in [5.74, 6) is -0.719. The second-order valence-corrected chi connectivity index (χ2v) is 4.80. The zero-order valence-electron chi connectivity index (χ0n) is 11.5. The number of carboxylic acid groups (broad SMARTS) is 1. The van der Waals surface area contributed by atoms with Crippen molar-refractivity contribution >= 4 is 28.4 Å². The maximum absolute atomic E-state index is 11.3. The molecule has 0 spiro atoms. The third kappa shape index (κ3) is 2.56. The van der Waals surface area contributed by atoms with Gasteiger partial charge < -0.3 is 15.2 Å². The number of aryl methyl sites for hydroxylation is 1. The Morgan fingerprint density at radius 1 is 1.10 bits per heavy atom. The van der Waals surface area contributed by atoms with Crippen LogP contribution in [-0.2, 0) is 0 Å². The molecule has 0 atom stereocenters. The van der Waals surface area contributed by atoms with Crippen molar-refractivity contribution in [2.24, 2.45) is 0 Å². The molecule has 104 valence electrons. The molecule has 0 radical (unpaired) electrons. The second-order valence-electron chi connectivity index (χ2n) is 4.80. The van der Waals surface area contributed by atoms with Gasteiger partial charge in [0.2, 0.25) is 0 Å². The fourth-order valence-electron chi connectivity index (χ4n) is 2.26. The van der Waals surface area contributed by atoms with Gasteiger partial charge in [0, 0.05) is 16.6 Å². The Bertz CT molecular complexity index is 828. The number of carbonyl (C=O) groups is 1. The monoisotopic (exact) mass is 277 g/mol. The maximum Gasteiger partial charge on any atom is 0.131 e. The molecule has 0 bridgehead atoms. The van der Waals surface area contributed by atoms with Crippen molar-refractivity contribution in [3.8, 4) is 0 Å². The van der Waals surface area contributed by atoms with Crippen LogP contribution in [0, 0.1) is 6.92 Å². The first kappa shape index (κ1) is 13.1. The number of carboxylic acids is 1. The first-order chi connectivity index (χ1) is 10.1. The molecular weight excluding hydrogens is 264 g/mol. The molecule has 0 saturated carbocycles. The fraction of sp³-hybridized carbons (Fsp3) is 0.0588. The smallest absolute Gasteiger partial charge is 0.131 e. The predicted molar refractivity (Wildman–Crippen MR) is 80.5 cm³/mol. The first-order valence-electron chi connectivity index (χ1n) is 6.59. The Morgan fingerprint density at radius 2 is 1.81 bits per heavy atom. The average molecular weight is 277 g/mol. The number of hydrogen-bond donors (Lipinski definition) is 1. The van der Waals surface area contributed by atoms with E-state index in [0.717, 1.165) is 11.3 Å². The number of rotatable bonds is 3. The van der Waals surface area contributed by atoms with Crippen LogP contribution in [0.5, 0.6) is 0 Å². The molecule has 0 aliphatic heterocycles. The van der Waals surface area contributed by atoms with Crippen molar-refractivity contribution in [1.82, 2.24) is 4.98 Å². The summed E-state index contributed by atoms with van der Waals surface area (Å²) in [6.45, 7) is 1.98. The Kier molecular flexibility index (Phi) is 3.28. The topological polar surface area (TPSA) is 65.0 Å². The van der Waals surface area contributed by atoms with Gasteiger partial charge in [0.25, 0.3) is 0 Å². The highest BCUT2D eigenvalue weighted by Gasteiger charge is 2.07. The van der Waals surface area contributed by atoms with Crippen molar-refractivity contribution in [3.05, 3.63) is 65.7 Å². The lowest BCUT2D eigenvalue weighted by Crippen LogP contribution is -2.22. The molecule has 0 aliphatic carbocycles. The van der Waals surface area contributed by atoms with Crippen LogP contribution in [0.1, 0.15) is 15.9 Å². The van der Waals surface area contributed by atoms with E-state index in [1.807, 2.05) is 37.3 Å². The number of benzene rings is 2. The highest BCUT2D eigenvalue weighted by atomic mass is 16.4. The molecule has 4 heteroatoms. The molecule has 1 heterocycles. The van der Waals surface area contributed by atoms with Crippen LogP contribution in [0.15, 0.2) is 54.6 Å². The zero-order chi connectivity index (χ0) is 14.8. The number of nitrogens with zero attached hydrogens (tertiary/aromatic N) is 1. The summed E-state index contributed by atoms with van der Waals surface area (Å²) in [7, 11) is 0. The quantitative estimate of drug-likeness (QED) is 0.799. The Morgan fingerprint density at radius 3 is 2.57 bits per heavy atom. The van der Waals surface area contributed by atoms with Crippen molar-refractivity contribution in [1.29, 1.82) is 0 Å². The number of aromatic nitrogens is 1. The molecule has 0 unspecified atom stereocenters. The van der Waals surface area contributed by atoms with E-state index < -0.39 is 5.97 Å². The highest BCUT2D eigenvalue weighted by molar-refractivity contribution is 6.02. The first-order valence-corrected chi connectivity index (χ1v) is 6.59. The lowest BCUT2D eigenvalue weighted by molar-refractivity contribution is -0.254. The molecule has 2 aromatic carbocycles. The van der Waals surface area contributed by atoms with Crippen LogP contribution in [-0.4, -0.2) is 11.0 Å². The summed E-state index contributed by atoms with van der Waals surface area (Å²) in [4.78, 5) is 15.8. The molecule has 0 fully saturated rings. The number of hydrogen-bond acceptors (Lipinski definition) is 4. The normalized spacial score (nSPS) is 10.5. The van der Waals surface area contributed by atoms with Crippen LogP contribution in [0.25, 0.3) is 10.9 Å². The molecule has 3 rings (SSSR count). The number of aromatic carboxylic acids is 1. The van der Waals surface area contributed by atoms with E-state index in [1.54, 1.807) is 18.2 Å². The predicted octanol–water partition coefficient (Wildman–Crippen LogP) is 2.65. The lowest BCUT2D eigenvalue weighted by Gasteiger charge is -2.13. The van der Waals surface area contributed by atoms with Crippen LogP contribution < -0.4 is 10.4 Å². The van der Waals surface area contributed by atoms with Gasteiger partial charge in [0.1, 0.15) is 5.82 Å². The third-order valence-electron chi connectivity index (χ3n) is 3.34. The van der Waals surface area contributed by atoms with Gasteiger partial charge in [0.15, 0.2) is 0 Å². The summed E-state index contributed by atoms with van der Waals surface area (Å²) >= 11 is 0. The molecule has 0 saturated heterocycles. The van der Waals surface area contributed by atoms with Crippen molar-refractivity contribution < 1.29 is 9.90 Å². The highest BCUT2D eigenvalue weighted by Crippen LogP contribution is 2.24. The van der Waals surface area contributed by atoms with Gasteiger partial charge >= 0.3 is 0 Å². The van der Waals surface area contributed by atoms with E-state index in [1.165, 1.54) is 6.07 Å². The largest absolute Gasteiger partial charge is 0.545 e. The molecule has 0 aliphatic rings. The van der Waals surface area contributed by atoms with E-state index in [0.29, 0.717) is 16.7 Å². The molecule has 3 aromatic rings. The molecule has 4 nitrogen and oxygen atoms in total. The van der Waals surface area contributed by atoms with E-state index >= 15 is 0 Å². The van der Waals surface area contributed by atoms with Gasteiger partial charge in [-0.1, -0.05) is 36.4 Å². The summed E-state index contributed by atoms with van der Waals surface area (Å²) in [6, 6.07) is 16.4. The van der Waals surface area contributed by atoms with Gasteiger partial charge in [-0.15, -0.1) is 0 Å². The number of anilines is 2. The fourth-order valence-corrected chi connectivity index (χ4v) is 2.26. The van der Waals surface area contributed by atoms with E-state index in [9.17, 15) is 9.90 Å². The molecule has 0 amide bonds. The minimum absolute atomic E-state index is 0.136. The molecule has 1 N–H and O–H groups in total. The van der Waals surface area contributed by atoms with Gasteiger partial charge in [0.05, 0.1) is 11.5 Å². The van der Waals surface area contributed by atoms with E-state index in [2.05, 4.69) is 10.3 Å². The van der Waals surface area contributed by atoms with Crippen molar-refractivity contribution in [2.45, 2.75) is 6.92 Å². The minimum Gasteiger partial charge on any atom is -0.545 e. The molecular formula is C17H13N2O2-. The van der Waals surface area contributed by atoms with Gasteiger partial charge in [-0.25, -0.2) is 4.98 Å². The third-order valence-corrected chi connectivity index (χ3v) is 3.34. The summed E-state index contributed by atoms with van der Waals surface area (Å²) in [5, 5.41) is 15.1. The number of fused-ring (bicyclic) bond motifs is 1. The molecule has 1 aromatic heterocycles. The Hall–Kier alpha value is -2.88. The van der Waals surface area contributed by atoms with Crippen LogP contribution in [0.4, 0.5) is 11.5 Å². The lowest BCUT2D eigenvalue weighted by atomic mass is 10.1. The number of carbonyl (C=O) groups excluding carboxylic acids is 1. The average Bonchev–Trinajstić information content (AvgIpc) is 2.48. The minimum atomic E-state index is -1.21. The number of para-hydroxylation sites is 2. The van der Waals surface area contributed by atoms with E-state index in [4.69, 9.17) is 0 Å². The number of nitrogens with one attached hydrogen (secondary N) is 1. The second kappa shape index (κ2) is 5.25. The standard InChI is InChI=1S/C17H14N2O2/c1-11-6-2-4-8-14(11)18-16-10-13(17(20)21)12-7-3-5-9-15(12)19-16/h2-10H,1H3,(H,18,19)(H,20,21)/p-1. The van der Waals surface area contributed by atoms with Gasteiger partial charge in [-0.05, 0) is 30.7 Å². The van der Waals surface area contributed by atoms with Crippen molar-refractivity contribution in [3.63, 3.8) is 0 Å². The summed E-state index contributed by atoms with van der Waals surface area (Å²) in [6.07, 6.45) is 0. The maximum atomic E-state index is 11.3. The van der Waals surface area contributed by atoms with Crippen LogP contribution in [0.3, 0.4) is 0 Å². The number of pyridine rings is 1.